The minimum atomic E-state index is 0.422. The highest BCUT2D eigenvalue weighted by Crippen LogP contribution is 1.98. The van der Waals surface area contributed by atoms with Crippen LogP contribution in [0, 0.1) is 0 Å². The van der Waals surface area contributed by atoms with Crippen LogP contribution in [-0.4, -0.2) is 16.7 Å². The number of aliphatic imine (C=N–C) groups is 1. The van der Waals surface area contributed by atoms with Gasteiger partial charge >= 0.3 is 0 Å². The van der Waals surface area contributed by atoms with E-state index in [1.54, 1.807) is 0 Å². The molecule has 1 unspecified atom stereocenters. The van der Waals surface area contributed by atoms with Crippen molar-refractivity contribution in [1.82, 2.24) is 0 Å². The summed E-state index contributed by atoms with van der Waals surface area (Å²) < 4.78 is 1.07. The van der Waals surface area contributed by atoms with E-state index in [-0.39, 0.29) is 0 Å². The van der Waals surface area contributed by atoms with E-state index >= 15 is 0 Å². The fourth-order valence-corrected chi connectivity index (χ4v) is 1.02. The number of rotatable bonds is 3. The van der Waals surface area contributed by atoms with Crippen molar-refractivity contribution in [3.8, 4) is 0 Å². The van der Waals surface area contributed by atoms with Crippen molar-refractivity contribution in [3.63, 3.8) is 0 Å². The van der Waals surface area contributed by atoms with Gasteiger partial charge in [0, 0.05) is 10.6 Å². The summed E-state index contributed by atoms with van der Waals surface area (Å²) in [5.74, 6) is 0. The highest BCUT2D eigenvalue weighted by molar-refractivity contribution is 14.1. The molecule has 0 bridgehead atoms. The maximum atomic E-state index is 4.38. The second kappa shape index (κ2) is 5.30. The highest BCUT2D eigenvalue weighted by atomic mass is 127. The molecular formula is C10H12IN. The summed E-state index contributed by atoms with van der Waals surface area (Å²) in [6, 6.07) is 10.6. The Morgan fingerprint density at radius 2 is 2.08 bits per heavy atom. The first-order valence-corrected chi connectivity index (χ1v) is 5.49. The van der Waals surface area contributed by atoms with Crippen molar-refractivity contribution in [3.05, 3.63) is 35.9 Å². The van der Waals surface area contributed by atoms with Gasteiger partial charge in [0.05, 0.1) is 6.04 Å². The predicted octanol–water partition coefficient (Wildman–Crippen LogP) is 2.93. The molecule has 1 nitrogen and oxygen atoms in total. The molecule has 1 atom stereocenters. The molecule has 1 rings (SSSR count). The third-order valence-electron chi connectivity index (χ3n) is 1.50. The molecule has 0 heterocycles. The number of halogens is 1. The Morgan fingerprint density at radius 1 is 1.42 bits per heavy atom. The molecule has 0 amide bonds. The van der Waals surface area contributed by atoms with Crippen LogP contribution in [0.2, 0.25) is 0 Å². The van der Waals surface area contributed by atoms with Crippen LogP contribution in [0.5, 0.6) is 0 Å². The number of nitrogens with zero attached hydrogens (tertiary/aromatic N) is 1. The summed E-state index contributed by atoms with van der Waals surface area (Å²) in [4.78, 5) is 4.38. The Kier molecular flexibility index (Phi) is 4.29. The molecule has 0 saturated heterocycles. The Labute approximate surface area is 87.0 Å². The van der Waals surface area contributed by atoms with E-state index < -0.39 is 0 Å². The Balaban J connectivity index is 2.58. The zero-order valence-electron chi connectivity index (χ0n) is 7.07. The van der Waals surface area contributed by atoms with Crippen molar-refractivity contribution in [1.29, 1.82) is 0 Å². The maximum Gasteiger partial charge on any atom is 0.0561 e. The van der Waals surface area contributed by atoms with Gasteiger partial charge in [-0.3, -0.25) is 4.99 Å². The molecule has 0 fully saturated rings. The monoisotopic (exact) mass is 273 g/mol. The Morgan fingerprint density at radius 3 is 2.67 bits per heavy atom. The lowest BCUT2D eigenvalue weighted by Crippen LogP contribution is -1.98. The molecule has 0 spiro atoms. The van der Waals surface area contributed by atoms with Gasteiger partial charge in [0.25, 0.3) is 0 Å². The Bertz CT molecular complexity index is 243. The summed E-state index contributed by atoms with van der Waals surface area (Å²) in [6.07, 6.45) is 1.93. The largest absolute Gasteiger partial charge is 0.289 e. The minimum Gasteiger partial charge on any atom is -0.289 e. The SMILES string of the molecule is CC(CI)N=Cc1ccccc1. The molecule has 0 aliphatic rings. The van der Waals surface area contributed by atoms with Crippen molar-refractivity contribution in [2.75, 3.05) is 4.43 Å². The van der Waals surface area contributed by atoms with Gasteiger partial charge in [-0.2, -0.15) is 0 Å². The summed E-state index contributed by atoms with van der Waals surface area (Å²) >= 11 is 2.34. The van der Waals surface area contributed by atoms with Crippen LogP contribution in [0.15, 0.2) is 35.3 Å². The van der Waals surface area contributed by atoms with E-state index in [9.17, 15) is 0 Å². The van der Waals surface area contributed by atoms with Gasteiger partial charge in [-0.15, -0.1) is 0 Å². The van der Waals surface area contributed by atoms with Crippen molar-refractivity contribution in [2.45, 2.75) is 13.0 Å². The lowest BCUT2D eigenvalue weighted by Gasteiger charge is -1.98. The number of alkyl halides is 1. The van der Waals surface area contributed by atoms with Gasteiger partial charge in [0.15, 0.2) is 0 Å². The van der Waals surface area contributed by atoms with Gasteiger partial charge in [0.1, 0.15) is 0 Å². The van der Waals surface area contributed by atoms with Crippen LogP contribution in [0.3, 0.4) is 0 Å². The third kappa shape index (κ3) is 3.34. The molecular weight excluding hydrogens is 261 g/mol. The van der Waals surface area contributed by atoms with Gasteiger partial charge in [-0.1, -0.05) is 52.9 Å². The van der Waals surface area contributed by atoms with Crippen molar-refractivity contribution >= 4 is 28.8 Å². The zero-order chi connectivity index (χ0) is 8.81. The molecule has 2 heteroatoms. The summed E-state index contributed by atoms with van der Waals surface area (Å²) in [6.45, 7) is 2.12. The first-order chi connectivity index (χ1) is 5.83. The average Bonchev–Trinajstić information content (AvgIpc) is 2.16. The highest BCUT2D eigenvalue weighted by Gasteiger charge is 1.91. The van der Waals surface area contributed by atoms with Crippen LogP contribution in [0.25, 0.3) is 0 Å². The van der Waals surface area contributed by atoms with Gasteiger partial charge in [-0.05, 0) is 12.5 Å². The van der Waals surface area contributed by atoms with Crippen LogP contribution < -0.4 is 0 Å². The average molecular weight is 273 g/mol. The minimum absolute atomic E-state index is 0.422. The van der Waals surface area contributed by atoms with E-state index in [2.05, 4.69) is 46.6 Å². The topological polar surface area (TPSA) is 12.4 Å². The van der Waals surface area contributed by atoms with E-state index in [0.717, 1.165) is 4.43 Å². The summed E-state index contributed by atoms with van der Waals surface area (Å²) in [7, 11) is 0. The van der Waals surface area contributed by atoms with E-state index in [0.29, 0.717) is 6.04 Å². The zero-order valence-corrected chi connectivity index (χ0v) is 9.23. The summed E-state index contributed by atoms with van der Waals surface area (Å²) in [5.41, 5.74) is 1.18. The van der Waals surface area contributed by atoms with Crippen LogP contribution in [0.1, 0.15) is 12.5 Å². The van der Waals surface area contributed by atoms with E-state index in [1.165, 1.54) is 5.56 Å². The van der Waals surface area contributed by atoms with E-state index in [4.69, 9.17) is 0 Å². The quantitative estimate of drug-likeness (QED) is 0.456. The number of hydrogen-bond acceptors (Lipinski definition) is 1. The van der Waals surface area contributed by atoms with Crippen LogP contribution in [-0.2, 0) is 0 Å². The molecule has 1 aromatic rings. The maximum absolute atomic E-state index is 4.38. The van der Waals surface area contributed by atoms with Crippen LogP contribution >= 0.6 is 22.6 Å². The lowest BCUT2D eigenvalue weighted by atomic mass is 10.2. The molecule has 0 aliphatic carbocycles. The number of benzene rings is 1. The normalized spacial score (nSPS) is 13.5. The first kappa shape index (κ1) is 9.71. The smallest absolute Gasteiger partial charge is 0.0561 e. The summed E-state index contributed by atoms with van der Waals surface area (Å²) in [5, 5.41) is 0. The van der Waals surface area contributed by atoms with Crippen molar-refractivity contribution < 1.29 is 0 Å². The number of hydrogen-bond donors (Lipinski definition) is 0. The fraction of sp³-hybridized carbons (Fsp3) is 0.300. The second-order valence-corrected chi connectivity index (χ2v) is 3.57. The molecule has 1 aromatic carbocycles. The third-order valence-corrected chi connectivity index (χ3v) is 2.78. The fourth-order valence-electron chi connectivity index (χ4n) is 0.792. The predicted molar refractivity (Wildman–Crippen MR) is 62.4 cm³/mol. The molecule has 0 N–H and O–H groups in total. The lowest BCUT2D eigenvalue weighted by molar-refractivity contribution is 0.867. The molecule has 0 saturated carbocycles. The molecule has 0 aromatic heterocycles. The standard InChI is InChI=1S/C10H12IN/c1-9(7-11)12-8-10-5-3-2-4-6-10/h2-6,8-9H,7H2,1H3. The van der Waals surface area contributed by atoms with Gasteiger partial charge < -0.3 is 0 Å². The first-order valence-electron chi connectivity index (χ1n) is 3.97. The van der Waals surface area contributed by atoms with Gasteiger partial charge in [0.2, 0.25) is 0 Å². The molecule has 12 heavy (non-hydrogen) atoms. The van der Waals surface area contributed by atoms with E-state index in [1.807, 2.05) is 24.4 Å². The van der Waals surface area contributed by atoms with Crippen LogP contribution in [0.4, 0.5) is 0 Å². The second-order valence-electron chi connectivity index (χ2n) is 2.69. The molecule has 0 radical (unpaired) electrons. The molecule has 64 valence electrons. The van der Waals surface area contributed by atoms with Crippen molar-refractivity contribution in [2.24, 2.45) is 4.99 Å². The Hall–Kier alpha value is -0.380. The molecule has 0 aliphatic heterocycles. The van der Waals surface area contributed by atoms with Gasteiger partial charge in [-0.25, -0.2) is 0 Å².